The number of aromatic nitrogens is 1. The van der Waals surface area contributed by atoms with Crippen LogP contribution in [0, 0.1) is 11.7 Å². The fourth-order valence-corrected chi connectivity index (χ4v) is 3.95. The zero-order valence-corrected chi connectivity index (χ0v) is 16.3. The maximum Gasteiger partial charge on any atom is 0.341 e. The number of hydrogen-bond donors (Lipinski definition) is 1. The summed E-state index contributed by atoms with van der Waals surface area (Å²) in [5.74, 6) is -1.18. The van der Waals surface area contributed by atoms with Gasteiger partial charge >= 0.3 is 5.97 Å². The van der Waals surface area contributed by atoms with E-state index in [1.165, 1.54) is 12.3 Å². The lowest BCUT2D eigenvalue weighted by Crippen LogP contribution is -2.33. The van der Waals surface area contributed by atoms with Crippen molar-refractivity contribution < 1.29 is 14.3 Å². The highest BCUT2D eigenvalue weighted by molar-refractivity contribution is 5.93. The second-order valence-corrected chi connectivity index (χ2v) is 7.78. The van der Waals surface area contributed by atoms with E-state index in [4.69, 9.17) is 0 Å². The van der Waals surface area contributed by atoms with Crippen molar-refractivity contribution in [2.24, 2.45) is 5.92 Å². The van der Waals surface area contributed by atoms with Gasteiger partial charge in [0.15, 0.2) is 0 Å². The quantitative estimate of drug-likeness (QED) is 0.723. The smallest absolute Gasteiger partial charge is 0.341 e. The van der Waals surface area contributed by atoms with Crippen LogP contribution in [0.3, 0.4) is 0 Å². The van der Waals surface area contributed by atoms with Gasteiger partial charge in [-0.15, -0.1) is 0 Å². The van der Waals surface area contributed by atoms with E-state index >= 15 is 0 Å². The number of nitrogens with zero attached hydrogens (tertiary/aromatic N) is 2. The Kier molecular flexibility index (Phi) is 5.09. The maximum absolute atomic E-state index is 14.9. The highest BCUT2D eigenvalue weighted by atomic mass is 19.1. The first-order chi connectivity index (χ1) is 13.9. The third-order valence-corrected chi connectivity index (χ3v) is 5.70. The monoisotopic (exact) mass is 394 g/mol. The highest BCUT2D eigenvalue weighted by Gasteiger charge is 2.22. The molecule has 0 atom stereocenters. The number of piperidine rings is 1. The number of carboxylic acid groups (broad SMARTS) is 1. The van der Waals surface area contributed by atoms with E-state index in [0.29, 0.717) is 23.7 Å². The Balaban J connectivity index is 1.89. The molecule has 1 saturated heterocycles. The molecule has 1 aliphatic heterocycles. The Morgan fingerprint density at radius 3 is 2.52 bits per heavy atom. The summed E-state index contributed by atoms with van der Waals surface area (Å²) in [5.41, 5.74) is 0.959. The summed E-state index contributed by atoms with van der Waals surface area (Å²) in [6.07, 6.45) is 3.35. The predicted molar refractivity (Wildman–Crippen MR) is 111 cm³/mol. The predicted octanol–water partition coefficient (Wildman–Crippen LogP) is 4.12. The molecule has 3 aromatic rings. The van der Waals surface area contributed by atoms with Gasteiger partial charge < -0.3 is 14.6 Å². The molecule has 0 bridgehead atoms. The van der Waals surface area contributed by atoms with Crippen LogP contribution in [0.5, 0.6) is 0 Å². The molecular formula is C23H23FN2O3. The van der Waals surface area contributed by atoms with E-state index in [9.17, 15) is 19.1 Å². The molecule has 0 amide bonds. The molecule has 29 heavy (non-hydrogen) atoms. The number of carbonyl (C=O) groups is 1. The summed E-state index contributed by atoms with van der Waals surface area (Å²) in [4.78, 5) is 26.3. The van der Waals surface area contributed by atoms with Crippen LogP contribution >= 0.6 is 0 Å². The summed E-state index contributed by atoms with van der Waals surface area (Å²) >= 11 is 0. The first-order valence-electron chi connectivity index (χ1n) is 9.83. The average molecular weight is 394 g/mol. The van der Waals surface area contributed by atoms with Crippen molar-refractivity contribution >= 4 is 22.6 Å². The van der Waals surface area contributed by atoms with Gasteiger partial charge in [0, 0.05) is 31.2 Å². The summed E-state index contributed by atoms with van der Waals surface area (Å²) in [6.45, 7) is 4.11. The van der Waals surface area contributed by atoms with Gasteiger partial charge in [0.2, 0.25) is 5.43 Å². The van der Waals surface area contributed by atoms with E-state index in [1.54, 1.807) is 10.6 Å². The summed E-state index contributed by atoms with van der Waals surface area (Å²) in [5, 5.41) is 9.54. The zero-order chi connectivity index (χ0) is 20.5. The van der Waals surface area contributed by atoms with Crippen molar-refractivity contribution in [2.45, 2.75) is 26.3 Å². The molecule has 0 radical (unpaired) electrons. The van der Waals surface area contributed by atoms with E-state index in [-0.39, 0.29) is 10.9 Å². The van der Waals surface area contributed by atoms with Crippen LogP contribution < -0.4 is 10.3 Å². The molecule has 1 N–H and O–H groups in total. The standard InChI is InChI=1S/C23H23FN2O3/c1-15-7-9-25(10-8-15)21-12-20-17(11-19(21)24)22(27)18(23(28)29)14-26(20)13-16-5-3-2-4-6-16/h2-6,11-12,14-15H,7-10,13H2,1H3,(H,28,29). The molecule has 2 aromatic carbocycles. The SMILES string of the molecule is CC1CCN(c2cc3c(cc2F)c(=O)c(C(=O)O)cn3Cc2ccccc2)CC1. The van der Waals surface area contributed by atoms with Gasteiger partial charge in [-0.3, -0.25) is 4.79 Å². The lowest BCUT2D eigenvalue weighted by atomic mass is 9.98. The minimum Gasteiger partial charge on any atom is -0.477 e. The van der Waals surface area contributed by atoms with Crippen LogP contribution in [-0.2, 0) is 6.54 Å². The van der Waals surface area contributed by atoms with Gasteiger partial charge in [0.05, 0.1) is 11.2 Å². The Morgan fingerprint density at radius 2 is 1.86 bits per heavy atom. The van der Waals surface area contributed by atoms with Crippen LogP contribution in [0.4, 0.5) is 10.1 Å². The van der Waals surface area contributed by atoms with Gasteiger partial charge in [0.25, 0.3) is 0 Å². The number of fused-ring (bicyclic) bond motifs is 1. The molecule has 0 aliphatic carbocycles. The minimum absolute atomic E-state index is 0.0902. The van der Waals surface area contributed by atoms with E-state index in [1.807, 2.05) is 35.2 Å². The van der Waals surface area contributed by atoms with Gasteiger partial charge in [0.1, 0.15) is 11.4 Å². The molecule has 4 rings (SSSR count). The average Bonchev–Trinajstić information content (AvgIpc) is 2.71. The van der Waals surface area contributed by atoms with Crippen LogP contribution in [0.25, 0.3) is 10.9 Å². The molecule has 0 spiro atoms. The topological polar surface area (TPSA) is 62.5 Å². The second kappa shape index (κ2) is 7.70. The van der Waals surface area contributed by atoms with Gasteiger partial charge in [-0.25, -0.2) is 9.18 Å². The van der Waals surface area contributed by atoms with Crippen LogP contribution in [0.15, 0.2) is 53.5 Å². The normalized spacial score (nSPS) is 15.0. The number of hydrogen-bond acceptors (Lipinski definition) is 3. The zero-order valence-electron chi connectivity index (χ0n) is 16.3. The number of pyridine rings is 1. The lowest BCUT2D eigenvalue weighted by molar-refractivity contribution is 0.0695. The molecule has 1 fully saturated rings. The summed E-state index contributed by atoms with van der Waals surface area (Å²) < 4.78 is 16.7. The Labute approximate surface area is 168 Å². The fraction of sp³-hybridized carbons (Fsp3) is 0.304. The van der Waals surface area contributed by atoms with Crippen LogP contribution in [-0.4, -0.2) is 28.7 Å². The second-order valence-electron chi connectivity index (χ2n) is 7.78. The molecule has 150 valence electrons. The fourth-order valence-electron chi connectivity index (χ4n) is 3.95. The number of rotatable bonds is 4. The maximum atomic E-state index is 14.9. The molecule has 0 unspecified atom stereocenters. The van der Waals surface area contributed by atoms with Gasteiger partial charge in [-0.05, 0) is 36.5 Å². The van der Waals surface area contributed by atoms with Crippen LogP contribution in [0.2, 0.25) is 0 Å². The molecule has 1 aliphatic rings. The molecule has 6 heteroatoms. The molecular weight excluding hydrogens is 371 g/mol. The lowest BCUT2D eigenvalue weighted by Gasteiger charge is -2.32. The molecule has 1 aromatic heterocycles. The summed E-state index contributed by atoms with van der Waals surface area (Å²) in [7, 11) is 0. The number of aromatic carboxylic acids is 1. The Morgan fingerprint density at radius 1 is 1.17 bits per heavy atom. The molecule has 5 nitrogen and oxygen atoms in total. The van der Waals surface area contributed by atoms with E-state index < -0.39 is 17.2 Å². The van der Waals surface area contributed by atoms with Crippen LogP contribution in [0.1, 0.15) is 35.7 Å². The third-order valence-electron chi connectivity index (χ3n) is 5.70. The number of carboxylic acids is 1. The number of benzene rings is 2. The van der Waals surface area contributed by atoms with Crippen molar-refractivity contribution in [3.05, 3.63) is 75.8 Å². The summed E-state index contributed by atoms with van der Waals surface area (Å²) in [6, 6.07) is 12.5. The first-order valence-corrected chi connectivity index (χ1v) is 9.83. The molecule has 2 heterocycles. The number of anilines is 1. The van der Waals surface area contributed by atoms with Crippen molar-refractivity contribution in [2.75, 3.05) is 18.0 Å². The van der Waals surface area contributed by atoms with E-state index in [0.717, 1.165) is 31.5 Å². The third kappa shape index (κ3) is 3.75. The van der Waals surface area contributed by atoms with Crippen molar-refractivity contribution in [1.29, 1.82) is 0 Å². The van der Waals surface area contributed by atoms with Gasteiger partial charge in [-0.2, -0.15) is 0 Å². The number of halogens is 1. The Bertz CT molecular complexity index is 1120. The van der Waals surface area contributed by atoms with Crippen molar-refractivity contribution in [3.8, 4) is 0 Å². The largest absolute Gasteiger partial charge is 0.477 e. The van der Waals surface area contributed by atoms with Gasteiger partial charge in [-0.1, -0.05) is 37.3 Å². The van der Waals surface area contributed by atoms with Crippen molar-refractivity contribution in [3.63, 3.8) is 0 Å². The highest BCUT2D eigenvalue weighted by Crippen LogP contribution is 2.29. The minimum atomic E-state index is -1.31. The molecule has 0 saturated carbocycles. The first kappa shape index (κ1) is 19.2. The Hall–Kier alpha value is -3.15. The van der Waals surface area contributed by atoms with Crippen molar-refractivity contribution in [1.82, 2.24) is 4.57 Å². The van der Waals surface area contributed by atoms with E-state index in [2.05, 4.69) is 6.92 Å².